The van der Waals surface area contributed by atoms with E-state index in [4.69, 9.17) is 15.6 Å². The van der Waals surface area contributed by atoms with Crippen LogP contribution in [0.15, 0.2) is 53.2 Å². The second kappa shape index (κ2) is 11.5. The number of imidazole rings is 1. The van der Waals surface area contributed by atoms with Crippen molar-refractivity contribution in [2.45, 2.75) is 39.3 Å². The summed E-state index contributed by atoms with van der Waals surface area (Å²) in [5.41, 5.74) is 8.77. The number of anilines is 2. The molecule has 0 spiro atoms. The topological polar surface area (TPSA) is 165 Å². The van der Waals surface area contributed by atoms with Gasteiger partial charge in [-0.15, -0.1) is 0 Å². The number of carbonyl (C=O) groups excluding carboxylic acids is 2. The molecule has 0 fully saturated rings. The SMILES string of the molecule is CC(C)C[C@H](N)C(=O)Nc1ccc(C(=O)Cn2c(-c3nonc3NCCC#N)nc3ccccc32)cc1. The Morgan fingerprint density at radius 1 is 1.14 bits per heavy atom. The van der Waals surface area contributed by atoms with Crippen molar-refractivity contribution in [3.63, 3.8) is 0 Å². The van der Waals surface area contributed by atoms with Crippen molar-refractivity contribution >= 4 is 34.2 Å². The van der Waals surface area contributed by atoms with E-state index in [0.29, 0.717) is 53.0 Å². The lowest BCUT2D eigenvalue weighted by atomic mass is 10.0. The van der Waals surface area contributed by atoms with Crippen LogP contribution in [0.4, 0.5) is 11.5 Å². The molecule has 0 aliphatic carbocycles. The molecule has 0 saturated carbocycles. The zero-order chi connectivity index (χ0) is 26.4. The molecule has 0 bridgehead atoms. The van der Waals surface area contributed by atoms with E-state index >= 15 is 0 Å². The number of carbonyl (C=O) groups is 2. The van der Waals surface area contributed by atoms with Crippen LogP contribution in [-0.2, 0) is 11.3 Å². The highest BCUT2D eigenvalue weighted by atomic mass is 16.6. The third-order valence-electron chi connectivity index (χ3n) is 5.72. The molecule has 2 aromatic carbocycles. The molecule has 1 amide bonds. The Labute approximate surface area is 213 Å². The summed E-state index contributed by atoms with van der Waals surface area (Å²) in [5.74, 6) is 0.646. The predicted octanol–water partition coefficient (Wildman–Crippen LogP) is 3.61. The summed E-state index contributed by atoms with van der Waals surface area (Å²) in [6, 6.07) is 15.6. The van der Waals surface area contributed by atoms with E-state index in [9.17, 15) is 9.59 Å². The fourth-order valence-corrected chi connectivity index (χ4v) is 3.93. The maximum Gasteiger partial charge on any atom is 0.241 e. The van der Waals surface area contributed by atoms with E-state index in [1.165, 1.54) is 0 Å². The highest BCUT2D eigenvalue weighted by Crippen LogP contribution is 2.28. The van der Waals surface area contributed by atoms with Gasteiger partial charge in [0.2, 0.25) is 11.7 Å². The minimum atomic E-state index is -0.598. The van der Waals surface area contributed by atoms with Gasteiger partial charge < -0.3 is 20.9 Å². The third kappa shape index (κ3) is 5.99. The lowest BCUT2D eigenvalue weighted by molar-refractivity contribution is -0.117. The minimum Gasteiger partial charge on any atom is -0.364 e. The summed E-state index contributed by atoms with van der Waals surface area (Å²) in [5, 5.41) is 22.5. The van der Waals surface area contributed by atoms with Crippen LogP contribution >= 0.6 is 0 Å². The van der Waals surface area contributed by atoms with Crippen molar-refractivity contribution in [3.05, 3.63) is 54.1 Å². The smallest absolute Gasteiger partial charge is 0.241 e. The van der Waals surface area contributed by atoms with Gasteiger partial charge in [-0.05, 0) is 59.1 Å². The Balaban J connectivity index is 1.55. The zero-order valence-corrected chi connectivity index (χ0v) is 20.6. The van der Waals surface area contributed by atoms with Gasteiger partial charge in [-0.1, -0.05) is 26.0 Å². The molecule has 4 N–H and O–H groups in total. The molecule has 37 heavy (non-hydrogen) atoms. The number of fused-ring (bicyclic) bond motifs is 1. The van der Waals surface area contributed by atoms with E-state index in [0.717, 1.165) is 5.52 Å². The fourth-order valence-electron chi connectivity index (χ4n) is 3.93. The number of ketones is 1. The molecule has 11 heteroatoms. The van der Waals surface area contributed by atoms with Crippen LogP contribution < -0.4 is 16.4 Å². The number of Topliss-reactive ketones (excluding diaryl/α,β-unsaturated/α-hetero) is 1. The maximum absolute atomic E-state index is 13.3. The molecule has 2 aromatic heterocycles. The lowest BCUT2D eigenvalue weighted by Gasteiger charge is -2.14. The van der Waals surface area contributed by atoms with Crippen LogP contribution in [-0.4, -0.2) is 44.1 Å². The summed E-state index contributed by atoms with van der Waals surface area (Å²) in [6.45, 7) is 4.37. The van der Waals surface area contributed by atoms with Crippen molar-refractivity contribution in [2.75, 3.05) is 17.2 Å². The molecule has 0 unspecified atom stereocenters. The Bertz CT molecular complexity index is 1430. The number of nitriles is 1. The molecule has 11 nitrogen and oxygen atoms in total. The molecule has 0 radical (unpaired) electrons. The van der Waals surface area contributed by atoms with Gasteiger partial charge in [0, 0.05) is 17.8 Å². The van der Waals surface area contributed by atoms with Crippen molar-refractivity contribution in [1.29, 1.82) is 5.26 Å². The molecule has 0 aliphatic heterocycles. The number of para-hydroxylation sites is 2. The second-order valence-corrected chi connectivity index (χ2v) is 9.03. The second-order valence-electron chi connectivity index (χ2n) is 9.03. The molecular formula is C26H28N8O3. The van der Waals surface area contributed by atoms with Crippen molar-refractivity contribution < 1.29 is 14.2 Å². The Hall–Kier alpha value is -4.56. The minimum absolute atomic E-state index is 0.00862. The fraction of sp³-hybridized carbons (Fsp3) is 0.308. The van der Waals surface area contributed by atoms with E-state index in [-0.39, 0.29) is 24.7 Å². The van der Waals surface area contributed by atoms with Gasteiger partial charge in [-0.25, -0.2) is 9.61 Å². The van der Waals surface area contributed by atoms with E-state index in [2.05, 4.69) is 32.0 Å². The molecule has 190 valence electrons. The number of benzene rings is 2. The lowest BCUT2D eigenvalue weighted by Crippen LogP contribution is -2.36. The Morgan fingerprint density at radius 2 is 1.89 bits per heavy atom. The zero-order valence-electron chi connectivity index (χ0n) is 20.6. The average molecular weight is 501 g/mol. The van der Waals surface area contributed by atoms with Gasteiger partial charge in [0.1, 0.15) is 0 Å². The van der Waals surface area contributed by atoms with Crippen molar-refractivity contribution in [3.8, 4) is 17.6 Å². The summed E-state index contributed by atoms with van der Waals surface area (Å²) >= 11 is 0. The summed E-state index contributed by atoms with van der Waals surface area (Å²) in [6.07, 6.45) is 0.863. The van der Waals surface area contributed by atoms with Crippen molar-refractivity contribution in [1.82, 2.24) is 19.9 Å². The van der Waals surface area contributed by atoms with Gasteiger partial charge in [-0.3, -0.25) is 9.59 Å². The standard InChI is InChI=1S/C26H28N8O3/c1-16(2)14-19(28)26(36)30-18-10-8-17(9-11-18)22(35)15-34-21-7-4-3-6-20(21)31-25(34)23-24(33-37-32-23)29-13-5-12-27/h3-4,6-11,16,19H,5,13-15,28H2,1-2H3,(H,29,33)(H,30,36)/t19-/m0/s1. The first-order valence-electron chi connectivity index (χ1n) is 12.0. The summed E-state index contributed by atoms with van der Waals surface area (Å²) < 4.78 is 6.68. The van der Waals surface area contributed by atoms with Crippen LogP contribution in [0.2, 0.25) is 0 Å². The number of nitrogens with two attached hydrogens (primary N) is 1. The largest absolute Gasteiger partial charge is 0.364 e. The van der Waals surface area contributed by atoms with Gasteiger partial charge in [0.25, 0.3) is 0 Å². The number of amides is 1. The number of nitrogens with zero attached hydrogens (tertiary/aromatic N) is 5. The highest BCUT2D eigenvalue weighted by Gasteiger charge is 2.22. The number of nitrogens with one attached hydrogen (secondary N) is 2. The van der Waals surface area contributed by atoms with Gasteiger partial charge in [0.15, 0.2) is 17.3 Å². The third-order valence-corrected chi connectivity index (χ3v) is 5.72. The van der Waals surface area contributed by atoms with Crippen molar-refractivity contribution in [2.24, 2.45) is 11.7 Å². The summed E-state index contributed by atoms with van der Waals surface area (Å²) in [7, 11) is 0. The summed E-state index contributed by atoms with van der Waals surface area (Å²) in [4.78, 5) is 30.2. The first-order valence-corrected chi connectivity index (χ1v) is 12.0. The molecule has 4 aromatic rings. The van der Waals surface area contributed by atoms with E-state index < -0.39 is 6.04 Å². The number of hydrogen-bond donors (Lipinski definition) is 3. The molecular weight excluding hydrogens is 472 g/mol. The highest BCUT2D eigenvalue weighted by molar-refractivity contribution is 5.99. The van der Waals surface area contributed by atoms with E-state index in [1.54, 1.807) is 28.8 Å². The Kier molecular flexibility index (Phi) is 7.90. The molecule has 2 heterocycles. The van der Waals surface area contributed by atoms with Crippen LogP contribution in [0.25, 0.3) is 22.6 Å². The van der Waals surface area contributed by atoms with Crippen LogP contribution in [0.3, 0.4) is 0 Å². The first-order chi connectivity index (χ1) is 17.9. The van der Waals surface area contributed by atoms with Crippen LogP contribution in [0.5, 0.6) is 0 Å². The Morgan fingerprint density at radius 3 is 2.62 bits per heavy atom. The average Bonchev–Trinajstić information content (AvgIpc) is 3.48. The van der Waals surface area contributed by atoms with E-state index in [1.807, 2.05) is 38.1 Å². The van der Waals surface area contributed by atoms with Gasteiger partial charge in [-0.2, -0.15) is 5.26 Å². The number of aromatic nitrogens is 4. The van der Waals surface area contributed by atoms with Crippen LogP contribution in [0, 0.1) is 17.2 Å². The molecule has 0 aliphatic rings. The molecule has 0 saturated heterocycles. The normalized spacial score (nSPS) is 11.9. The monoisotopic (exact) mass is 500 g/mol. The van der Waals surface area contributed by atoms with Gasteiger partial charge in [0.05, 0.1) is 36.1 Å². The molecule has 1 atom stereocenters. The maximum atomic E-state index is 13.3. The number of rotatable bonds is 11. The predicted molar refractivity (Wildman–Crippen MR) is 139 cm³/mol. The molecule has 4 rings (SSSR count). The quantitative estimate of drug-likeness (QED) is 0.206. The van der Waals surface area contributed by atoms with Gasteiger partial charge >= 0.3 is 0 Å². The number of hydrogen-bond acceptors (Lipinski definition) is 9. The van der Waals surface area contributed by atoms with Crippen LogP contribution in [0.1, 0.15) is 37.0 Å². The first kappa shape index (κ1) is 25.5.